The van der Waals surface area contributed by atoms with Crippen molar-refractivity contribution < 1.29 is 0 Å². The summed E-state index contributed by atoms with van der Waals surface area (Å²) in [6.45, 7) is 0. The van der Waals surface area contributed by atoms with E-state index in [1.807, 2.05) is 0 Å². The fourth-order valence-electron chi connectivity index (χ4n) is 3.96. The molecule has 0 radical (unpaired) electrons. The maximum atomic E-state index is 2.52. The molecule has 0 atom stereocenters. The average Bonchev–Trinajstić information content (AvgIpc) is 2.77. The first kappa shape index (κ1) is 17.5. The van der Waals surface area contributed by atoms with Crippen molar-refractivity contribution in [3.63, 3.8) is 0 Å². The monoisotopic (exact) mass is 369 g/mol. The van der Waals surface area contributed by atoms with E-state index in [9.17, 15) is 0 Å². The first-order valence-corrected chi connectivity index (χ1v) is 11.2. The van der Waals surface area contributed by atoms with Crippen LogP contribution in [0.15, 0.2) is 121 Å². The molecule has 0 aromatic heterocycles. The number of benzene rings is 4. The van der Waals surface area contributed by atoms with Crippen molar-refractivity contribution >= 4 is 29.0 Å². The number of para-hydroxylation sites is 1. The molecule has 27 heavy (non-hydrogen) atoms. The summed E-state index contributed by atoms with van der Waals surface area (Å²) in [7, 11) is -0.190. The molecule has 4 rings (SSSR count). The van der Waals surface area contributed by atoms with Crippen molar-refractivity contribution in [1.29, 1.82) is 0 Å². The molecule has 4 aromatic carbocycles. The molecule has 0 fully saturated rings. The molecule has 0 spiro atoms. The molecule has 1 nitrogen and oxygen atoms in total. The van der Waals surface area contributed by atoms with E-state index in [0.717, 1.165) is 0 Å². The predicted octanol–water partition coefficient (Wildman–Crippen LogP) is 4.76. The Labute approximate surface area is 162 Å². The fourth-order valence-corrected chi connectivity index (χ4v) is 8.69. The van der Waals surface area contributed by atoms with E-state index in [0.29, 0.717) is 0 Å². The van der Waals surface area contributed by atoms with Crippen molar-refractivity contribution in [1.82, 2.24) is 0 Å². The number of anilines is 1. The van der Waals surface area contributed by atoms with Crippen molar-refractivity contribution in [2.24, 2.45) is 0 Å². The van der Waals surface area contributed by atoms with E-state index in [1.165, 1.54) is 21.6 Å². The number of hydrogen-bond acceptors (Lipinski definition) is 1. The molecule has 0 saturated heterocycles. The normalized spacial score (nSPS) is 11.7. The Kier molecular flexibility index (Phi) is 5.05. The molecule has 0 aliphatic heterocycles. The second-order valence-electron chi connectivity index (χ2n) is 6.70. The van der Waals surface area contributed by atoms with Crippen LogP contribution in [0.2, 0.25) is 0 Å². The van der Waals surface area contributed by atoms with Gasteiger partial charge in [-0.15, -0.1) is 0 Å². The second kappa shape index (κ2) is 7.78. The first-order valence-electron chi connectivity index (χ1n) is 9.29. The van der Waals surface area contributed by atoms with Gasteiger partial charge in [-0.3, -0.25) is 0 Å². The molecular weight excluding hydrogens is 345 g/mol. The molecular formula is C25H24NP. The Morgan fingerprint density at radius 3 is 1.07 bits per heavy atom. The topological polar surface area (TPSA) is 3.24 Å². The third-order valence-corrected chi connectivity index (χ3v) is 9.99. The Balaban J connectivity index is 2.07. The zero-order valence-corrected chi connectivity index (χ0v) is 16.5. The summed E-state index contributed by atoms with van der Waals surface area (Å²) in [5, 5.41) is 4.15. The summed E-state index contributed by atoms with van der Waals surface area (Å²) < 4.78 is 2.52. The van der Waals surface area contributed by atoms with Crippen LogP contribution in [0.3, 0.4) is 0 Å². The minimum absolute atomic E-state index is 1.24. The Morgan fingerprint density at radius 2 is 0.741 bits per heavy atom. The molecule has 0 amide bonds. The van der Waals surface area contributed by atoms with Gasteiger partial charge in [0.05, 0.1) is 0 Å². The van der Waals surface area contributed by atoms with Gasteiger partial charge in [0.2, 0.25) is 0 Å². The third kappa shape index (κ3) is 3.16. The number of nitrogens with zero attached hydrogens (tertiary/aromatic N) is 1. The van der Waals surface area contributed by atoms with Gasteiger partial charge in [0.1, 0.15) is 0 Å². The van der Waals surface area contributed by atoms with Gasteiger partial charge in [-0.2, -0.15) is 0 Å². The molecule has 2 heteroatoms. The van der Waals surface area contributed by atoms with E-state index in [4.69, 9.17) is 0 Å². The zero-order chi connectivity index (χ0) is 18.5. The quantitative estimate of drug-likeness (QED) is 0.458. The van der Waals surface area contributed by atoms with Crippen LogP contribution in [0.1, 0.15) is 0 Å². The number of hydrogen-bond donors (Lipinski definition) is 0. The molecule has 0 saturated carbocycles. The summed E-state index contributed by atoms with van der Waals surface area (Å²) >= 11 is 0. The van der Waals surface area contributed by atoms with E-state index in [1.54, 1.807) is 0 Å². The first-order chi connectivity index (χ1) is 13.3. The van der Waals surface area contributed by atoms with Crippen LogP contribution in [-0.2, 0) is 0 Å². The molecule has 4 aromatic rings. The molecule has 0 N–H and O–H groups in total. The molecule has 0 heterocycles. The molecule has 0 bridgehead atoms. The molecule has 0 aliphatic rings. The fraction of sp³-hybridized carbons (Fsp3) is 0.0400. The summed E-state index contributed by atoms with van der Waals surface area (Å²) in [5.41, 5.74) is 1.24. The van der Waals surface area contributed by atoms with Crippen molar-refractivity contribution in [2.45, 2.75) is 0 Å². The summed E-state index contributed by atoms with van der Waals surface area (Å²) in [6, 6.07) is 43.6. The van der Waals surface area contributed by atoms with E-state index < -0.39 is 7.41 Å². The van der Waals surface area contributed by atoms with Crippen molar-refractivity contribution in [2.75, 3.05) is 11.7 Å². The third-order valence-electron chi connectivity index (χ3n) is 5.22. The number of rotatable bonds is 5. The Morgan fingerprint density at radius 1 is 0.444 bits per heavy atom. The van der Waals surface area contributed by atoms with Gasteiger partial charge in [0.25, 0.3) is 0 Å². The van der Waals surface area contributed by atoms with Gasteiger partial charge < -0.3 is 0 Å². The minimum atomic E-state index is -2.43. The van der Waals surface area contributed by atoms with Gasteiger partial charge in [0.15, 0.2) is 0 Å². The van der Waals surface area contributed by atoms with Crippen LogP contribution in [0.25, 0.3) is 0 Å². The molecule has 0 aliphatic carbocycles. The maximum absolute atomic E-state index is 2.52. The van der Waals surface area contributed by atoms with Crippen LogP contribution >= 0.6 is 7.41 Å². The average molecular weight is 369 g/mol. The summed E-state index contributed by atoms with van der Waals surface area (Å²) in [5.74, 6) is 0. The van der Waals surface area contributed by atoms with Crippen LogP contribution < -0.4 is 20.6 Å². The summed E-state index contributed by atoms with van der Waals surface area (Å²) in [4.78, 5) is 0. The van der Waals surface area contributed by atoms with Crippen LogP contribution in [0, 0.1) is 0 Å². The Hall–Kier alpha value is -2.89. The van der Waals surface area contributed by atoms with Gasteiger partial charge in [-0.1, -0.05) is 0 Å². The zero-order valence-electron chi connectivity index (χ0n) is 15.5. The van der Waals surface area contributed by atoms with E-state index >= 15 is 0 Å². The van der Waals surface area contributed by atoms with Crippen molar-refractivity contribution in [3.8, 4) is 0 Å². The van der Waals surface area contributed by atoms with Crippen LogP contribution in [-0.4, -0.2) is 7.05 Å². The second-order valence-corrected chi connectivity index (χ2v) is 10.5. The van der Waals surface area contributed by atoms with Gasteiger partial charge in [-0.25, -0.2) is 0 Å². The summed E-state index contributed by atoms with van der Waals surface area (Å²) in [6.07, 6.45) is 0. The Bertz CT molecular complexity index is 873. The SMILES string of the molecule is CN(c1ccccc1)[PH](c1ccccc1)(c1ccccc1)c1ccccc1. The molecule has 134 valence electrons. The van der Waals surface area contributed by atoms with E-state index in [2.05, 4.69) is 133 Å². The standard InChI is InChI=1S/C25H24NP/c1-26(22-14-6-2-7-15-22)27(23-16-8-3-9-17-23,24-18-10-4-11-19-24)25-20-12-5-13-21-25/h2-21,27H,1H3. The van der Waals surface area contributed by atoms with Crippen LogP contribution in [0.4, 0.5) is 5.69 Å². The predicted molar refractivity (Wildman–Crippen MR) is 121 cm³/mol. The van der Waals surface area contributed by atoms with Gasteiger partial charge in [-0.05, 0) is 0 Å². The van der Waals surface area contributed by atoms with Crippen molar-refractivity contribution in [3.05, 3.63) is 121 Å². The van der Waals surface area contributed by atoms with E-state index in [-0.39, 0.29) is 0 Å². The van der Waals surface area contributed by atoms with Gasteiger partial charge >= 0.3 is 162 Å². The molecule has 0 unspecified atom stereocenters. The van der Waals surface area contributed by atoms with Crippen LogP contribution in [0.5, 0.6) is 0 Å². The van der Waals surface area contributed by atoms with Gasteiger partial charge in [0, 0.05) is 0 Å².